The number of carbonyl (C=O) groups is 1. The van der Waals surface area contributed by atoms with Crippen LogP contribution in [0.5, 0.6) is 0 Å². The minimum Gasteiger partial charge on any atom is -0.350 e. The van der Waals surface area contributed by atoms with Crippen LogP contribution in [0.15, 0.2) is 30.3 Å². The fourth-order valence-electron chi connectivity index (χ4n) is 1.59. The summed E-state index contributed by atoms with van der Waals surface area (Å²) in [7, 11) is 0. The van der Waals surface area contributed by atoms with Crippen molar-refractivity contribution in [3.63, 3.8) is 0 Å². The predicted molar refractivity (Wildman–Crippen MR) is 65.4 cm³/mol. The molecule has 2 N–H and O–H groups in total. The van der Waals surface area contributed by atoms with Crippen molar-refractivity contribution in [2.45, 2.75) is 32.2 Å². The zero-order valence-corrected chi connectivity index (χ0v) is 10.1. The molecule has 1 aromatic carbocycles. The summed E-state index contributed by atoms with van der Waals surface area (Å²) < 4.78 is 0. The normalized spacial score (nSPS) is 12.1. The van der Waals surface area contributed by atoms with Crippen LogP contribution in [-0.4, -0.2) is 17.8 Å². The van der Waals surface area contributed by atoms with E-state index < -0.39 is 0 Å². The van der Waals surface area contributed by atoms with Crippen LogP contribution in [-0.2, 0) is 9.68 Å². The van der Waals surface area contributed by atoms with Gasteiger partial charge in [0.05, 0.1) is 12.6 Å². The fourth-order valence-corrected chi connectivity index (χ4v) is 1.59. The topological polar surface area (TPSA) is 58.6 Å². The lowest BCUT2D eigenvalue weighted by Gasteiger charge is -2.14. The largest absolute Gasteiger partial charge is 0.350 e. The summed E-state index contributed by atoms with van der Waals surface area (Å²) in [6.07, 6.45) is 1.86. The Bertz CT molecular complexity index is 327. The smallest absolute Gasteiger partial charge is 0.220 e. The number of hydrogen-bond donors (Lipinski definition) is 2. The third-order valence-corrected chi connectivity index (χ3v) is 2.57. The van der Waals surface area contributed by atoms with E-state index in [-0.39, 0.29) is 18.6 Å². The summed E-state index contributed by atoms with van der Waals surface area (Å²) >= 11 is 0. The van der Waals surface area contributed by atoms with Crippen molar-refractivity contribution in [2.75, 3.05) is 6.61 Å². The van der Waals surface area contributed by atoms with E-state index in [0.29, 0.717) is 19.3 Å². The molecule has 1 aromatic rings. The van der Waals surface area contributed by atoms with Gasteiger partial charge in [0.2, 0.25) is 5.91 Å². The van der Waals surface area contributed by atoms with Crippen LogP contribution in [0.25, 0.3) is 0 Å². The fraction of sp³-hybridized carbons (Fsp3) is 0.462. The van der Waals surface area contributed by atoms with Gasteiger partial charge in [0.1, 0.15) is 0 Å². The Morgan fingerprint density at radius 1 is 1.35 bits per heavy atom. The summed E-state index contributed by atoms with van der Waals surface area (Å²) in [5.74, 6) is 0.0271. The molecule has 4 heteroatoms. The third-order valence-electron chi connectivity index (χ3n) is 2.57. The Balaban J connectivity index is 2.26. The van der Waals surface area contributed by atoms with Gasteiger partial charge in [0, 0.05) is 6.42 Å². The summed E-state index contributed by atoms with van der Waals surface area (Å²) in [4.78, 5) is 15.5. The highest BCUT2D eigenvalue weighted by Crippen LogP contribution is 2.11. The molecule has 1 amide bonds. The van der Waals surface area contributed by atoms with Gasteiger partial charge in [-0.2, -0.15) is 0 Å². The van der Waals surface area contributed by atoms with Gasteiger partial charge in [-0.25, -0.2) is 4.89 Å². The van der Waals surface area contributed by atoms with E-state index in [0.717, 1.165) is 5.56 Å². The average molecular weight is 237 g/mol. The Kier molecular flexibility index (Phi) is 6.29. The maximum absolute atomic E-state index is 11.6. The highest BCUT2D eigenvalue weighted by atomic mass is 17.1. The number of unbranched alkanes of at least 4 members (excludes halogenated alkanes) is 1. The summed E-state index contributed by atoms with van der Waals surface area (Å²) in [5, 5.41) is 11.1. The summed E-state index contributed by atoms with van der Waals surface area (Å²) in [5.41, 5.74) is 1.10. The van der Waals surface area contributed by atoms with Crippen LogP contribution >= 0.6 is 0 Å². The van der Waals surface area contributed by atoms with Gasteiger partial charge >= 0.3 is 0 Å². The van der Waals surface area contributed by atoms with Gasteiger partial charge in [0.15, 0.2) is 0 Å². The van der Waals surface area contributed by atoms with Crippen LogP contribution in [0.4, 0.5) is 0 Å². The first-order valence-corrected chi connectivity index (χ1v) is 5.84. The van der Waals surface area contributed by atoms with Gasteiger partial charge in [-0.3, -0.25) is 10.1 Å². The number of hydrogen-bond acceptors (Lipinski definition) is 3. The first-order chi connectivity index (χ1) is 8.24. The second-order valence-corrected chi connectivity index (χ2v) is 3.99. The van der Waals surface area contributed by atoms with Crippen LogP contribution in [0.3, 0.4) is 0 Å². The predicted octanol–water partition coefficient (Wildman–Crippen LogP) is 2.52. The molecule has 1 rings (SSSR count). The molecule has 0 aliphatic heterocycles. The molecule has 94 valence electrons. The van der Waals surface area contributed by atoms with Gasteiger partial charge < -0.3 is 5.32 Å². The van der Waals surface area contributed by atoms with E-state index in [1.54, 1.807) is 0 Å². The van der Waals surface area contributed by atoms with Crippen LogP contribution in [0, 0.1) is 0 Å². The minimum absolute atomic E-state index is 0.0257. The van der Waals surface area contributed by atoms with E-state index in [1.807, 2.05) is 37.3 Å². The second-order valence-electron chi connectivity index (χ2n) is 3.99. The van der Waals surface area contributed by atoms with E-state index in [9.17, 15) is 4.79 Å². The highest BCUT2D eigenvalue weighted by Gasteiger charge is 2.08. The first kappa shape index (κ1) is 13.7. The summed E-state index contributed by atoms with van der Waals surface area (Å²) in [6, 6.07) is 9.87. The van der Waals surface area contributed by atoms with Crippen LogP contribution in [0.2, 0.25) is 0 Å². The lowest BCUT2D eigenvalue weighted by atomic mass is 10.1. The lowest BCUT2D eigenvalue weighted by Crippen LogP contribution is -2.26. The molecule has 4 nitrogen and oxygen atoms in total. The highest BCUT2D eigenvalue weighted by molar-refractivity contribution is 5.76. The maximum atomic E-state index is 11.6. The van der Waals surface area contributed by atoms with E-state index in [2.05, 4.69) is 10.2 Å². The van der Waals surface area contributed by atoms with Crippen molar-refractivity contribution in [1.29, 1.82) is 0 Å². The molecule has 0 spiro atoms. The van der Waals surface area contributed by atoms with Gasteiger partial charge in [-0.15, -0.1) is 0 Å². The van der Waals surface area contributed by atoms with Crippen molar-refractivity contribution < 1.29 is 14.9 Å². The number of amides is 1. The Hall–Kier alpha value is -1.39. The minimum atomic E-state index is 0.0257. The van der Waals surface area contributed by atoms with Crippen molar-refractivity contribution in [2.24, 2.45) is 0 Å². The third kappa shape index (κ3) is 5.47. The first-order valence-electron chi connectivity index (χ1n) is 5.84. The number of nitrogens with one attached hydrogen (secondary N) is 1. The number of benzene rings is 1. The Morgan fingerprint density at radius 2 is 2.06 bits per heavy atom. The zero-order chi connectivity index (χ0) is 12.5. The molecule has 17 heavy (non-hydrogen) atoms. The zero-order valence-electron chi connectivity index (χ0n) is 10.1. The van der Waals surface area contributed by atoms with Gasteiger partial charge in [0.25, 0.3) is 0 Å². The molecule has 0 fully saturated rings. The molecule has 0 aromatic heterocycles. The van der Waals surface area contributed by atoms with Crippen molar-refractivity contribution in [3.8, 4) is 0 Å². The molecule has 0 unspecified atom stereocenters. The van der Waals surface area contributed by atoms with Crippen molar-refractivity contribution in [3.05, 3.63) is 35.9 Å². The number of carbonyl (C=O) groups excluding carboxylic acids is 1. The molecule has 0 saturated carbocycles. The monoisotopic (exact) mass is 237 g/mol. The molecular weight excluding hydrogens is 218 g/mol. The van der Waals surface area contributed by atoms with Crippen molar-refractivity contribution in [1.82, 2.24) is 5.32 Å². The standard InChI is InChI=1S/C13H19NO3/c1-11(12-7-3-2-4-8-12)14-13(15)9-5-6-10-17-16/h2-4,7-8,11,16H,5-6,9-10H2,1H3,(H,14,15)/t11-/m0/s1. The van der Waals surface area contributed by atoms with E-state index in [4.69, 9.17) is 5.26 Å². The Morgan fingerprint density at radius 3 is 2.71 bits per heavy atom. The lowest BCUT2D eigenvalue weighted by molar-refractivity contribution is -0.242. The molecule has 1 atom stereocenters. The molecule has 0 heterocycles. The number of rotatable bonds is 7. The van der Waals surface area contributed by atoms with Crippen molar-refractivity contribution >= 4 is 5.91 Å². The molecule has 0 radical (unpaired) electrons. The second kappa shape index (κ2) is 7.81. The average Bonchev–Trinajstić information content (AvgIpc) is 2.36. The van der Waals surface area contributed by atoms with Crippen LogP contribution in [0.1, 0.15) is 37.8 Å². The maximum Gasteiger partial charge on any atom is 0.220 e. The molecule has 0 saturated heterocycles. The summed E-state index contributed by atoms with van der Waals surface area (Å²) in [6.45, 7) is 2.24. The quantitative estimate of drug-likeness (QED) is 0.435. The van der Waals surface area contributed by atoms with E-state index >= 15 is 0 Å². The Labute approximate surface area is 102 Å². The van der Waals surface area contributed by atoms with E-state index in [1.165, 1.54) is 0 Å². The molecule has 0 aliphatic rings. The SMILES string of the molecule is C[C@H](NC(=O)CCCCOO)c1ccccc1. The van der Waals surface area contributed by atoms with Crippen LogP contribution < -0.4 is 5.32 Å². The van der Waals surface area contributed by atoms with Gasteiger partial charge in [-0.1, -0.05) is 30.3 Å². The molecular formula is C13H19NO3. The molecule has 0 aliphatic carbocycles. The molecule has 0 bridgehead atoms. The van der Waals surface area contributed by atoms with Gasteiger partial charge in [-0.05, 0) is 25.3 Å².